The van der Waals surface area contributed by atoms with Gasteiger partial charge in [-0.3, -0.25) is 4.79 Å². The summed E-state index contributed by atoms with van der Waals surface area (Å²) in [5.41, 5.74) is 2.60. The number of aryl methyl sites for hydroxylation is 3. The molecule has 0 spiro atoms. The highest BCUT2D eigenvalue weighted by Crippen LogP contribution is 2.22. The van der Waals surface area contributed by atoms with Crippen molar-refractivity contribution in [1.82, 2.24) is 19.9 Å². The highest BCUT2D eigenvalue weighted by atomic mass is 32.1. The molecule has 1 aliphatic heterocycles. The van der Waals surface area contributed by atoms with Crippen molar-refractivity contribution in [2.45, 2.75) is 33.3 Å². The molecule has 0 radical (unpaired) electrons. The molecule has 6 nitrogen and oxygen atoms in total. The lowest BCUT2D eigenvalue weighted by Gasteiger charge is -2.32. The number of carbonyl (C=O) groups is 1. The molecule has 23 heavy (non-hydrogen) atoms. The van der Waals surface area contributed by atoms with Crippen LogP contribution in [0, 0.1) is 20.8 Å². The van der Waals surface area contributed by atoms with E-state index < -0.39 is 0 Å². The van der Waals surface area contributed by atoms with Crippen molar-refractivity contribution in [2.24, 2.45) is 0 Å². The summed E-state index contributed by atoms with van der Waals surface area (Å²) in [6.45, 7) is 7.42. The number of morpholine rings is 1. The topological polar surface area (TPSA) is 68.2 Å². The van der Waals surface area contributed by atoms with Gasteiger partial charge in [0.2, 0.25) is 5.91 Å². The van der Waals surface area contributed by atoms with E-state index in [0.29, 0.717) is 26.1 Å². The molecule has 0 bridgehead atoms. The number of hydrogen-bond donors (Lipinski definition) is 0. The third-order valence-electron chi connectivity index (χ3n) is 3.73. The van der Waals surface area contributed by atoms with E-state index >= 15 is 0 Å². The largest absolute Gasteiger partial charge is 0.368 e. The summed E-state index contributed by atoms with van der Waals surface area (Å²) >= 11 is 1.57. The van der Waals surface area contributed by atoms with Crippen molar-refractivity contribution in [3.63, 3.8) is 0 Å². The molecule has 0 aliphatic carbocycles. The van der Waals surface area contributed by atoms with Crippen LogP contribution >= 0.6 is 11.3 Å². The van der Waals surface area contributed by atoms with Crippen molar-refractivity contribution in [1.29, 1.82) is 0 Å². The van der Waals surface area contributed by atoms with Crippen LogP contribution in [0.3, 0.4) is 0 Å². The van der Waals surface area contributed by atoms with Crippen molar-refractivity contribution >= 4 is 17.2 Å². The van der Waals surface area contributed by atoms with E-state index in [4.69, 9.17) is 4.74 Å². The Morgan fingerprint density at radius 3 is 2.87 bits per heavy atom. The molecule has 2 aromatic rings. The molecule has 3 rings (SSSR count). The van der Waals surface area contributed by atoms with Crippen molar-refractivity contribution in [3.05, 3.63) is 39.4 Å². The smallest absolute Gasteiger partial charge is 0.228 e. The second kappa shape index (κ2) is 6.72. The molecule has 0 aromatic carbocycles. The number of amides is 1. The first-order valence-electron chi connectivity index (χ1n) is 7.64. The minimum atomic E-state index is -0.190. The van der Waals surface area contributed by atoms with Crippen LogP contribution in [-0.2, 0) is 16.0 Å². The number of nitrogens with zero attached hydrogens (tertiary/aromatic N) is 4. The summed E-state index contributed by atoms with van der Waals surface area (Å²) in [7, 11) is 0. The maximum Gasteiger partial charge on any atom is 0.228 e. The van der Waals surface area contributed by atoms with Gasteiger partial charge in [0.15, 0.2) is 0 Å². The molecule has 1 fully saturated rings. The van der Waals surface area contributed by atoms with Crippen molar-refractivity contribution in [3.8, 4) is 0 Å². The van der Waals surface area contributed by atoms with Crippen molar-refractivity contribution in [2.75, 3.05) is 19.7 Å². The van der Waals surface area contributed by atoms with Crippen molar-refractivity contribution < 1.29 is 9.53 Å². The van der Waals surface area contributed by atoms with E-state index in [2.05, 4.69) is 15.0 Å². The summed E-state index contributed by atoms with van der Waals surface area (Å²) in [6, 6.07) is 1.93. The van der Waals surface area contributed by atoms with Crippen LogP contribution in [0.1, 0.15) is 34.0 Å². The maximum absolute atomic E-state index is 12.5. The molecule has 1 aliphatic rings. The molecule has 3 heterocycles. The fraction of sp³-hybridized carbons (Fsp3) is 0.500. The molecule has 1 saturated heterocycles. The third-order valence-corrected chi connectivity index (χ3v) is 4.56. The normalized spacial score (nSPS) is 18.2. The lowest BCUT2D eigenvalue weighted by molar-refractivity contribution is -0.138. The van der Waals surface area contributed by atoms with Crippen LogP contribution < -0.4 is 0 Å². The van der Waals surface area contributed by atoms with Gasteiger partial charge in [-0.1, -0.05) is 0 Å². The molecule has 0 N–H and O–H groups in total. The van der Waals surface area contributed by atoms with E-state index in [1.807, 2.05) is 37.1 Å². The molecule has 0 saturated carbocycles. The van der Waals surface area contributed by atoms with Gasteiger partial charge in [-0.05, 0) is 26.8 Å². The SMILES string of the molecule is Cc1cc([C@H]2CN(C(=O)Cc3csc(C)n3)CCO2)nc(C)n1. The minimum absolute atomic E-state index is 0.0890. The van der Waals surface area contributed by atoms with Gasteiger partial charge in [0.1, 0.15) is 11.9 Å². The summed E-state index contributed by atoms with van der Waals surface area (Å²) in [4.78, 5) is 27.4. The Bertz CT molecular complexity index is 696. The van der Waals surface area contributed by atoms with Gasteiger partial charge in [-0.15, -0.1) is 11.3 Å². The predicted molar refractivity (Wildman–Crippen MR) is 87.3 cm³/mol. The molecule has 7 heteroatoms. The average Bonchev–Trinajstić information content (AvgIpc) is 2.91. The summed E-state index contributed by atoms with van der Waals surface area (Å²) in [5, 5.41) is 2.93. The molecular formula is C16H20N4O2S. The fourth-order valence-corrected chi connectivity index (χ4v) is 3.33. The standard InChI is InChI=1S/C16H20N4O2S/c1-10-6-14(18-11(2)17-10)15-8-20(4-5-22-15)16(21)7-13-9-23-12(3)19-13/h6,9,15H,4-5,7-8H2,1-3H3/t15-/m1/s1. The summed E-state index contributed by atoms with van der Waals surface area (Å²) < 4.78 is 5.81. The fourth-order valence-electron chi connectivity index (χ4n) is 2.72. The first kappa shape index (κ1) is 16.0. The molecule has 1 amide bonds. The monoisotopic (exact) mass is 332 g/mol. The van der Waals surface area contributed by atoms with E-state index in [-0.39, 0.29) is 12.0 Å². The maximum atomic E-state index is 12.5. The lowest BCUT2D eigenvalue weighted by atomic mass is 10.1. The first-order chi connectivity index (χ1) is 11.0. The third kappa shape index (κ3) is 3.92. The van der Waals surface area contributed by atoms with E-state index in [9.17, 15) is 4.79 Å². The Labute approximate surface area is 139 Å². The van der Waals surface area contributed by atoms with E-state index in [1.54, 1.807) is 11.3 Å². The predicted octanol–water partition coefficient (Wildman–Crippen LogP) is 2.00. The van der Waals surface area contributed by atoms with Gasteiger partial charge < -0.3 is 9.64 Å². The minimum Gasteiger partial charge on any atom is -0.368 e. The molecule has 0 unspecified atom stereocenters. The van der Waals surface area contributed by atoms with Gasteiger partial charge in [-0.2, -0.15) is 0 Å². The molecule has 2 aromatic heterocycles. The number of aromatic nitrogens is 3. The van der Waals surface area contributed by atoms with Crippen LogP contribution in [0.25, 0.3) is 0 Å². The van der Waals surface area contributed by atoms with Gasteiger partial charge in [0, 0.05) is 17.6 Å². The second-order valence-electron chi connectivity index (χ2n) is 5.72. The Morgan fingerprint density at radius 2 is 2.17 bits per heavy atom. The number of carbonyl (C=O) groups excluding carboxylic acids is 1. The quantitative estimate of drug-likeness (QED) is 0.860. The van der Waals surface area contributed by atoms with Crippen LogP contribution in [0.15, 0.2) is 11.4 Å². The Balaban J connectivity index is 1.69. The molecular weight excluding hydrogens is 312 g/mol. The van der Waals surface area contributed by atoms with E-state index in [1.165, 1.54) is 0 Å². The Hall–Kier alpha value is -1.86. The number of rotatable bonds is 3. The first-order valence-corrected chi connectivity index (χ1v) is 8.52. The van der Waals surface area contributed by atoms with Gasteiger partial charge >= 0.3 is 0 Å². The second-order valence-corrected chi connectivity index (χ2v) is 6.78. The summed E-state index contributed by atoms with van der Waals surface area (Å²) in [5.74, 6) is 0.816. The molecule has 1 atom stereocenters. The number of hydrogen-bond acceptors (Lipinski definition) is 6. The molecule has 122 valence electrons. The van der Waals surface area contributed by atoms with Gasteiger partial charge in [0.25, 0.3) is 0 Å². The Kier molecular flexibility index (Phi) is 4.68. The zero-order chi connectivity index (χ0) is 16.4. The highest BCUT2D eigenvalue weighted by Gasteiger charge is 2.27. The van der Waals surface area contributed by atoms with Gasteiger partial charge in [0.05, 0.1) is 36.0 Å². The zero-order valence-corrected chi connectivity index (χ0v) is 14.4. The highest BCUT2D eigenvalue weighted by molar-refractivity contribution is 7.09. The van der Waals surface area contributed by atoms with Crippen LogP contribution in [0.2, 0.25) is 0 Å². The zero-order valence-electron chi connectivity index (χ0n) is 13.6. The van der Waals surface area contributed by atoms with Crippen LogP contribution in [-0.4, -0.2) is 45.5 Å². The summed E-state index contributed by atoms with van der Waals surface area (Å²) in [6.07, 6.45) is 0.157. The average molecular weight is 332 g/mol. The number of thiazole rings is 1. The van der Waals surface area contributed by atoms with E-state index in [0.717, 1.165) is 27.9 Å². The van der Waals surface area contributed by atoms with Gasteiger partial charge in [-0.25, -0.2) is 15.0 Å². The van der Waals surface area contributed by atoms with Crippen LogP contribution in [0.4, 0.5) is 0 Å². The number of ether oxygens (including phenoxy) is 1. The lowest BCUT2D eigenvalue weighted by Crippen LogP contribution is -2.43. The Morgan fingerprint density at radius 1 is 1.35 bits per heavy atom. The van der Waals surface area contributed by atoms with Crippen LogP contribution in [0.5, 0.6) is 0 Å².